The van der Waals surface area contributed by atoms with Crippen molar-refractivity contribution >= 4 is 16.1 Å². The van der Waals surface area contributed by atoms with Crippen LogP contribution in [-0.2, 0) is 0 Å². The largest absolute Gasteiger partial charge is 0.207 e. The fourth-order valence-corrected chi connectivity index (χ4v) is 0. The molecule has 0 fully saturated rings. The molecule has 0 aliphatic rings. The third-order valence-electron chi connectivity index (χ3n) is 0.671. The molecule has 0 aromatic rings. The average Bonchev–Trinajstić information content (AvgIpc) is 1.86. The van der Waals surface area contributed by atoms with E-state index in [1.807, 2.05) is 39.3 Å². The number of hydrogen-bond acceptors (Lipinski definition) is 2. The van der Waals surface area contributed by atoms with Gasteiger partial charge >= 0.3 is 0 Å². The summed E-state index contributed by atoms with van der Waals surface area (Å²) in [6, 6.07) is 0. The topological polar surface area (TPSA) is 47.6 Å². The molecule has 68 valence electrons. The van der Waals surface area contributed by atoms with Gasteiger partial charge in [0.2, 0.25) is 0 Å². The lowest BCUT2D eigenvalue weighted by atomic mass is 11.7. The van der Waals surface area contributed by atoms with Gasteiger partial charge in [-0.15, -0.1) is 0 Å². The molecule has 4 heteroatoms. The van der Waals surface area contributed by atoms with Gasteiger partial charge < -0.3 is 0 Å². The quantitative estimate of drug-likeness (QED) is 0.562. The first-order valence-corrected chi connectivity index (χ1v) is 10.9. The molecule has 0 N–H and O–H groups in total. The Morgan fingerprint density at radius 3 is 0.750 bits per heavy atom. The molecule has 0 aliphatic heterocycles. The normalized spacial score (nSPS) is 10.3. The van der Waals surface area contributed by atoms with Crippen molar-refractivity contribution in [2.24, 2.45) is 0 Å². The van der Waals surface area contributed by atoms with Gasteiger partial charge in [-0.25, -0.2) is 10.5 Å². The van der Waals surface area contributed by atoms with Crippen LogP contribution in [0.5, 0.6) is 0 Å². The van der Waals surface area contributed by atoms with Crippen LogP contribution < -0.4 is 0 Å². The first-order chi connectivity index (χ1) is 5.12. The minimum atomic E-state index is -1.33. The summed E-state index contributed by atoms with van der Waals surface area (Å²) in [5.74, 6) is 0. The van der Waals surface area contributed by atoms with Gasteiger partial charge in [0.25, 0.3) is 0 Å². The molecule has 0 saturated carbocycles. The van der Waals surface area contributed by atoms with Gasteiger partial charge in [0.05, 0.1) is 0 Å². The summed E-state index contributed by atoms with van der Waals surface area (Å²) < 4.78 is 0. The van der Waals surface area contributed by atoms with Crippen molar-refractivity contribution in [2.75, 3.05) is 0 Å². The molecule has 0 amide bonds. The third kappa shape index (κ3) is 22.7. The van der Waals surface area contributed by atoms with Crippen LogP contribution >= 0.6 is 0 Å². The van der Waals surface area contributed by atoms with Crippen LogP contribution in [0, 0.1) is 21.9 Å². The van der Waals surface area contributed by atoms with Gasteiger partial charge in [-0.2, -0.15) is 0 Å². The Labute approximate surface area is 77.8 Å². The smallest absolute Gasteiger partial charge is 0.164 e. The van der Waals surface area contributed by atoms with E-state index < -0.39 is 16.1 Å². The summed E-state index contributed by atoms with van der Waals surface area (Å²) in [7, 11) is -2.65. The summed E-state index contributed by atoms with van der Waals surface area (Å²) in [6.07, 6.45) is 0. The van der Waals surface area contributed by atoms with Crippen LogP contribution in [-0.4, -0.2) is 16.1 Å². The molecule has 0 aromatic heterocycles. The second-order valence-electron chi connectivity index (χ2n) is 4.72. The van der Waals surface area contributed by atoms with E-state index in [0.29, 0.717) is 0 Å². The standard InChI is InChI=1S/2C4H9NSi/c2*1-6(2,3)4-5/h2*1-3H3. The first-order valence-electron chi connectivity index (χ1n) is 3.95. The second-order valence-corrected chi connectivity index (χ2v) is 14.2. The van der Waals surface area contributed by atoms with E-state index >= 15 is 0 Å². The average molecular weight is 198 g/mol. The van der Waals surface area contributed by atoms with E-state index in [1.165, 1.54) is 0 Å². The van der Waals surface area contributed by atoms with Gasteiger partial charge in [0.15, 0.2) is 16.1 Å². The highest BCUT2D eigenvalue weighted by Gasteiger charge is 2.09. The minimum absolute atomic E-state index is 1.33. The van der Waals surface area contributed by atoms with Gasteiger partial charge in [0, 0.05) is 11.4 Å². The Hall–Kier alpha value is -0.586. The molecule has 0 spiro atoms. The lowest BCUT2D eigenvalue weighted by Gasteiger charge is -1.96. The Morgan fingerprint density at radius 1 is 0.667 bits per heavy atom. The Bertz CT molecular complexity index is 173. The molecular weight excluding hydrogens is 180 g/mol. The molecule has 0 saturated heterocycles. The second kappa shape index (κ2) is 5.13. The third-order valence-corrected chi connectivity index (χ3v) is 2.01. The zero-order valence-electron chi connectivity index (χ0n) is 8.89. The predicted molar refractivity (Wildman–Crippen MR) is 57.9 cm³/mol. The van der Waals surface area contributed by atoms with Crippen LogP contribution in [0.4, 0.5) is 0 Å². The molecule has 0 rings (SSSR count). The van der Waals surface area contributed by atoms with Crippen molar-refractivity contribution in [3.05, 3.63) is 0 Å². The molecule has 0 heterocycles. The Kier molecular flexibility index (Phi) is 5.97. The summed E-state index contributed by atoms with van der Waals surface area (Å²) >= 11 is 0. The van der Waals surface area contributed by atoms with Gasteiger partial charge in [-0.1, -0.05) is 39.3 Å². The fraction of sp³-hybridized carbons (Fsp3) is 0.750. The van der Waals surface area contributed by atoms with Crippen molar-refractivity contribution in [1.82, 2.24) is 0 Å². The molecular formula is C8H18N2Si2. The lowest BCUT2D eigenvalue weighted by molar-refractivity contribution is 1.53. The molecule has 0 atom stereocenters. The zero-order valence-corrected chi connectivity index (χ0v) is 10.9. The Morgan fingerprint density at radius 2 is 0.750 bits per heavy atom. The maximum Gasteiger partial charge on any atom is 0.164 e. The maximum absolute atomic E-state index is 8.21. The highest BCUT2D eigenvalue weighted by Crippen LogP contribution is 1.94. The molecule has 0 radical (unpaired) electrons. The SMILES string of the molecule is C[Si](C)(C)C#N.C[Si](C)(C)C#N. The van der Waals surface area contributed by atoms with E-state index in [-0.39, 0.29) is 0 Å². The van der Waals surface area contributed by atoms with Crippen LogP contribution in [0.3, 0.4) is 0 Å². The summed E-state index contributed by atoms with van der Waals surface area (Å²) in [5.41, 5.74) is 4.49. The molecule has 0 unspecified atom stereocenters. The molecule has 0 bridgehead atoms. The highest BCUT2D eigenvalue weighted by atomic mass is 28.3. The van der Waals surface area contributed by atoms with E-state index in [9.17, 15) is 0 Å². The maximum atomic E-state index is 8.21. The van der Waals surface area contributed by atoms with Crippen molar-refractivity contribution in [3.8, 4) is 11.4 Å². The molecule has 0 aromatic carbocycles. The van der Waals surface area contributed by atoms with Crippen molar-refractivity contribution in [1.29, 1.82) is 10.5 Å². The molecule has 12 heavy (non-hydrogen) atoms. The van der Waals surface area contributed by atoms with Gasteiger partial charge in [-0.3, -0.25) is 0 Å². The number of nitriles is 2. The monoisotopic (exact) mass is 198 g/mol. The van der Waals surface area contributed by atoms with Gasteiger partial charge in [-0.05, 0) is 0 Å². The summed E-state index contributed by atoms with van der Waals surface area (Å²) in [5, 5.41) is 16.4. The van der Waals surface area contributed by atoms with Crippen molar-refractivity contribution < 1.29 is 0 Å². The van der Waals surface area contributed by atoms with Crippen LogP contribution in [0.1, 0.15) is 0 Å². The zero-order chi connectivity index (χ0) is 10.4. The highest BCUT2D eigenvalue weighted by molar-refractivity contribution is 6.83. The van der Waals surface area contributed by atoms with Crippen molar-refractivity contribution in [2.45, 2.75) is 39.3 Å². The van der Waals surface area contributed by atoms with Crippen molar-refractivity contribution in [3.63, 3.8) is 0 Å². The van der Waals surface area contributed by atoms with Gasteiger partial charge in [0.1, 0.15) is 0 Å². The number of rotatable bonds is 0. The molecule has 2 nitrogen and oxygen atoms in total. The van der Waals surface area contributed by atoms with E-state index in [0.717, 1.165) is 0 Å². The Balaban J connectivity index is 0. The summed E-state index contributed by atoms with van der Waals surface area (Å²) in [4.78, 5) is 0. The number of nitrogens with zero attached hydrogens (tertiary/aromatic N) is 2. The van der Waals surface area contributed by atoms with E-state index in [4.69, 9.17) is 10.5 Å². The van der Waals surface area contributed by atoms with Crippen LogP contribution in [0.2, 0.25) is 39.3 Å². The number of hydrogen-bond donors (Lipinski definition) is 0. The lowest BCUT2D eigenvalue weighted by Crippen LogP contribution is -2.15. The van der Waals surface area contributed by atoms with Crippen LogP contribution in [0.25, 0.3) is 0 Å². The summed E-state index contributed by atoms with van der Waals surface area (Å²) in [6.45, 7) is 12.1. The minimum Gasteiger partial charge on any atom is -0.207 e. The molecule has 0 aliphatic carbocycles. The fourth-order valence-electron chi connectivity index (χ4n) is 0. The van der Waals surface area contributed by atoms with E-state index in [2.05, 4.69) is 11.4 Å². The predicted octanol–water partition coefficient (Wildman–Crippen LogP) is 2.77. The van der Waals surface area contributed by atoms with E-state index in [1.54, 1.807) is 0 Å². The first kappa shape index (κ1) is 14.0. The van der Waals surface area contributed by atoms with Crippen LogP contribution in [0.15, 0.2) is 0 Å².